The van der Waals surface area contributed by atoms with E-state index in [4.69, 9.17) is 14.2 Å². The molecule has 1 saturated carbocycles. The van der Waals surface area contributed by atoms with Gasteiger partial charge in [0.15, 0.2) is 11.5 Å². The van der Waals surface area contributed by atoms with E-state index in [9.17, 15) is 14.0 Å². The van der Waals surface area contributed by atoms with Crippen LogP contribution in [0.3, 0.4) is 0 Å². The Morgan fingerprint density at radius 1 is 0.955 bits per heavy atom. The fourth-order valence-corrected chi connectivity index (χ4v) is 5.33. The molecule has 12 heteroatoms. The van der Waals surface area contributed by atoms with Crippen LogP contribution in [0.5, 0.6) is 17.2 Å². The van der Waals surface area contributed by atoms with Crippen LogP contribution in [0.15, 0.2) is 66.7 Å². The lowest BCUT2D eigenvalue weighted by atomic mass is 10.0. The number of benzene rings is 3. The third-order valence-electron chi connectivity index (χ3n) is 7.65. The maximum absolute atomic E-state index is 14.1. The molecule has 1 fully saturated rings. The van der Waals surface area contributed by atoms with E-state index in [1.807, 2.05) is 12.1 Å². The largest absolute Gasteiger partial charge is 0.497 e. The van der Waals surface area contributed by atoms with Crippen molar-refractivity contribution in [3.05, 3.63) is 83.7 Å². The van der Waals surface area contributed by atoms with Gasteiger partial charge in [0.1, 0.15) is 24.2 Å². The monoisotopic (exact) mass is 602 g/mol. The number of carbonyl (C=O) groups excluding carboxylic acids is 2. The van der Waals surface area contributed by atoms with E-state index >= 15 is 0 Å². The number of halogens is 1. The third kappa shape index (κ3) is 7.13. The quantitative estimate of drug-likeness (QED) is 0.254. The van der Waals surface area contributed by atoms with Crippen LogP contribution in [0.4, 0.5) is 4.39 Å². The van der Waals surface area contributed by atoms with Crippen LogP contribution in [0, 0.1) is 5.82 Å². The van der Waals surface area contributed by atoms with Crippen molar-refractivity contribution in [1.29, 1.82) is 0 Å². The molecule has 11 nitrogen and oxygen atoms in total. The molecule has 1 N–H and O–H groups in total. The molecule has 0 radical (unpaired) electrons. The average Bonchev–Trinajstić information content (AvgIpc) is 3.74. The van der Waals surface area contributed by atoms with Gasteiger partial charge in [0.05, 0.1) is 21.3 Å². The van der Waals surface area contributed by atoms with Crippen LogP contribution in [0.2, 0.25) is 0 Å². The molecule has 0 spiro atoms. The van der Waals surface area contributed by atoms with Gasteiger partial charge in [-0.25, -0.2) is 4.39 Å². The summed E-state index contributed by atoms with van der Waals surface area (Å²) in [6.07, 6.45) is 3.80. The summed E-state index contributed by atoms with van der Waals surface area (Å²) in [6, 6.07) is 17.1. The van der Waals surface area contributed by atoms with Gasteiger partial charge in [0.2, 0.25) is 17.6 Å². The number of hydrogen-bond donors (Lipinski definition) is 1. The molecule has 5 rings (SSSR count). The first-order valence-corrected chi connectivity index (χ1v) is 14.4. The minimum Gasteiger partial charge on any atom is -0.497 e. The SMILES string of the molecule is COc1ccc(CN(C(=O)Cn2nnc(-c3ccc(OC)c(OC)c3)n2)[C@@H](C(=O)NC2CCCC2)c2ccc(F)cc2)cc1. The highest BCUT2D eigenvalue weighted by molar-refractivity contribution is 5.89. The van der Waals surface area contributed by atoms with Gasteiger partial charge in [-0.1, -0.05) is 37.1 Å². The molecule has 2 amide bonds. The summed E-state index contributed by atoms with van der Waals surface area (Å²) >= 11 is 0. The molecule has 0 unspecified atom stereocenters. The molecule has 1 heterocycles. The maximum atomic E-state index is 14.1. The number of amides is 2. The van der Waals surface area contributed by atoms with E-state index in [1.54, 1.807) is 44.6 Å². The second kappa shape index (κ2) is 14.0. The van der Waals surface area contributed by atoms with Gasteiger partial charge in [-0.15, -0.1) is 10.2 Å². The number of carbonyl (C=O) groups is 2. The van der Waals surface area contributed by atoms with E-state index in [2.05, 4.69) is 20.7 Å². The first-order chi connectivity index (χ1) is 21.4. The fraction of sp³-hybridized carbons (Fsp3) is 0.344. The highest BCUT2D eigenvalue weighted by atomic mass is 19.1. The third-order valence-corrected chi connectivity index (χ3v) is 7.65. The van der Waals surface area contributed by atoms with Crippen LogP contribution >= 0.6 is 0 Å². The molecule has 0 saturated heterocycles. The maximum Gasteiger partial charge on any atom is 0.247 e. The van der Waals surface area contributed by atoms with Crippen molar-refractivity contribution >= 4 is 11.8 Å². The Morgan fingerprint density at radius 2 is 1.66 bits per heavy atom. The number of tetrazole rings is 1. The van der Waals surface area contributed by atoms with Crippen molar-refractivity contribution in [2.45, 2.75) is 50.9 Å². The van der Waals surface area contributed by atoms with Gasteiger partial charge in [-0.05, 0) is 71.6 Å². The standard InChI is InChI=1S/C32H35FN6O5/c1-42-26-15-8-21(9-16-26)19-38(30(22-10-13-24(33)14-11-22)32(41)34-25-6-4-5-7-25)29(40)20-39-36-31(35-37-39)23-12-17-27(43-2)28(18-23)44-3/h8-18,25,30H,4-7,19-20H2,1-3H3,(H,34,41)/t30-/m1/s1. The molecular weight excluding hydrogens is 567 g/mol. The van der Waals surface area contributed by atoms with E-state index in [0.29, 0.717) is 28.4 Å². The van der Waals surface area contributed by atoms with Crippen LogP contribution < -0.4 is 19.5 Å². The highest BCUT2D eigenvalue weighted by Crippen LogP contribution is 2.31. The summed E-state index contributed by atoms with van der Waals surface area (Å²) in [5.41, 5.74) is 1.88. The van der Waals surface area contributed by atoms with Crippen LogP contribution in [-0.2, 0) is 22.7 Å². The molecule has 1 aliphatic rings. The van der Waals surface area contributed by atoms with Gasteiger partial charge in [-0.2, -0.15) is 4.80 Å². The number of ether oxygens (including phenoxy) is 3. The number of hydrogen-bond acceptors (Lipinski definition) is 8. The average molecular weight is 603 g/mol. The lowest BCUT2D eigenvalue weighted by molar-refractivity contribution is -0.142. The number of methoxy groups -OCH3 is 3. The molecule has 4 aromatic rings. The molecule has 0 bridgehead atoms. The van der Waals surface area contributed by atoms with Crippen molar-refractivity contribution in [3.63, 3.8) is 0 Å². The van der Waals surface area contributed by atoms with E-state index in [1.165, 1.54) is 41.1 Å². The van der Waals surface area contributed by atoms with Crippen LogP contribution in [0.1, 0.15) is 42.9 Å². The summed E-state index contributed by atoms with van der Waals surface area (Å²) in [6.45, 7) is -0.189. The summed E-state index contributed by atoms with van der Waals surface area (Å²) in [7, 11) is 4.65. The molecule has 1 aromatic heterocycles. The lowest BCUT2D eigenvalue weighted by Crippen LogP contribution is -2.46. The zero-order valence-corrected chi connectivity index (χ0v) is 24.9. The van der Waals surface area contributed by atoms with Crippen molar-refractivity contribution in [3.8, 4) is 28.6 Å². The lowest BCUT2D eigenvalue weighted by Gasteiger charge is -2.32. The van der Waals surface area contributed by atoms with Crippen molar-refractivity contribution in [1.82, 2.24) is 30.4 Å². The number of nitrogens with one attached hydrogen (secondary N) is 1. The Hall–Kier alpha value is -5.00. The zero-order valence-electron chi connectivity index (χ0n) is 24.9. The molecule has 0 aliphatic heterocycles. The van der Waals surface area contributed by atoms with Crippen molar-refractivity contribution < 1.29 is 28.2 Å². The number of rotatable bonds is 12. The van der Waals surface area contributed by atoms with Gasteiger partial charge >= 0.3 is 0 Å². The summed E-state index contributed by atoms with van der Waals surface area (Å²) < 4.78 is 29.9. The van der Waals surface area contributed by atoms with E-state index < -0.39 is 17.8 Å². The second-order valence-electron chi connectivity index (χ2n) is 10.5. The molecule has 230 valence electrons. The predicted molar refractivity (Wildman–Crippen MR) is 159 cm³/mol. The van der Waals surface area contributed by atoms with E-state index in [-0.39, 0.29) is 30.9 Å². The summed E-state index contributed by atoms with van der Waals surface area (Å²) in [4.78, 5) is 30.6. The number of nitrogens with zero attached hydrogens (tertiary/aromatic N) is 5. The predicted octanol–water partition coefficient (Wildman–Crippen LogP) is 4.33. The molecular formula is C32H35FN6O5. The van der Waals surface area contributed by atoms with Gasteiger partial charge in [0, 0.05) is 18.2 Å². The van der Waals surface area contributed by atoms with E-state index in [0.717, 1.165) is 31.2 Å². The Labute approximate surface area is 254 Å². The first kappa shape index (κ1) is 30.5. The van der Waals surface area contributed by atoms with Gasteiger partial charge in [-0.3, -0.25) is 9.59 Å². The zero-order chi connectivity index (χ0) is 31.1. The topological polar surface area (TPSA) is 121 Å². The highest BCUT2D eigenvalue weighted by Gasteiger charge is 2.34. The Bertz CT molecular complexity index is 1570. The normalized spacial score (nSPS) is 13.7. The Balaban J connectivity index is 1.46. The van der Waals surface area contributed by atoms with Crippen LogP contribution in [0.25, 0.3) is 11.4 Å². The molecule has 3 aromatic carbocycles. The first-order valence-electron chi connectivity index (χ1n) is 14.4. The fourth-order valence-electron chi connectivity index (χ4n) is 5.33. The van der Waals surface area contributed by atoms with Crippen LogP contribution in [-0.4, -0.2) is 64.3 Å². The molecule has 44 heavy (non-hydrogen) atoms. The Morgan fingerprint density at radius 3 is 2.32 bits per heavy atom. The minimum atomic E-state index is -1.03. The second-order valence-corrected chi connectivity index (χ2v) is 10.5. The summed E-state index contributed by atoms with van der Waals surface area (Å²) in [5, 5.41) is 15.8. The smallest absolute Gasteiger partial charge is 0.247 e. The summed E-state index contributed by atoms with van der Waals surface area (Å²) in [5.74, 6) is 0.807. The van der Waals surface area contributed by atoms with Gasteiger partial charge < -0.3 is 24.4 Å². The van der Waals surface area contributed by atoms with Crippen molar-refractivity contribution in [2.75, 3.05) is 21.3 Å². The number of aromatic nitrogens is 4. The minimum absolute atomic E-state index is 0.0180. The van der Waals surface area contributed by atoms with Crippen molar-refractivity contribution in [2.24, 2.45) is 0 Å². The van der Waals surface area contributed by atoms with Gasteiger partial charge in [0.25, 0.3) is 0 Å². The molecule has 1 atom stereocenters. The molecule has 1 aliphatic carbocycles. The Kier molecular flexibility index (Phi) is 9.68.